The highest BCUT2D eigenvalue weighted by atomic mass is 16.2. The first kappa shape index (κ1) is 13.5. The zero-order chi connectivity index (χ0) is 12.0. The maximum atomic E-state index is 12.2. The minimum atomic E-state index is 0.165. The van der Waals surface area contributed by atoms with Crippen molar-refractivity contribution in [2.75, 3.05) is 13.6 Å². The van der Waals surface area contributed by atoms with Crippen molar-refractivity contribution in [3.05, 3.63) is 0 Å². The number of amides is 1. The van der Waals surface area contributed by atoms with E-state index in [1.165, 1.54) is 32.1 Å². The molecule has 1 fully saturated rings. The topological polar surface area (TPSA) is 46.3 Å². The Balaban J connectivity index is 2.49. The fourth-order valence-corrected chi connectivity index (χ4v) is 2.37. The predicted molar refractivity (Wildman–Crippen MR) is 67.1 cm³/mol. The lowest BCUT2D eigenvalue weighted by Gasteiger charge is -2.29. The van der Waals surface area contributed by atoms with Gasteiger partial charge in [0.05, 0.1) is 0 Å². The molecule has 0 spiro atoms. The zero-order valence-corrected chi connectivity index (χ0v) is 10.7. The van der Waals surface area contributed by atoms with Crippen molar-refractivity contribution in [2.24, 2.45) is 11.7 Å². The summed E-state index contributed by atoms with van der Waals surface area (Å²) in [5, 5.41) is 0. The second-order valence-corrected chi connectivity index (χ2v) is 5.08. The molecule has 0 aliphatic heterocycles. The van der Waals surface area contributed by atoms with E-state index >= 15 is 0 Å². The first-order valence-electron chi connectivity index (χ1n) is 6.63. The molecule has 1 unspecified atom stereocenters. The average Bonchev–Trinajstić information content (AvgIpc) is 2.26. The van der Waals surface area contributed by atoms with Crippen LogP contribution >= 0.6 is 0 Å². The second kappa shape index (κ2) is 6.89. The highest BCUT2D eigenvalue weighted by molar-refractivity contribution is 5.78. The smallest absolute Gasteiger partial charge is 0.225 e. The largest absolute Gasteiger partial charge is 0.342 e. The normalized spacial score (nSPS) is 20.9. The van der Waals surface area contributed by atoms with E-state index < -0.39 is 0 Å². The number of rotatable bonds is 3. The maximum Gasteiger partial charge on any atom is 0.225 e. The summed E-state index contributed by atoms with van der Waals surface area (Å²) in [6, 6.07) is 0.165. The standard InChI is InChI=1S/C13H26N2O/c1-11(10-14)15(2)13(16)12-8-6-4-3-5-7-9-12/h11-12H,3-10,14H2,1-2H3. The molecule has 1 atom stereocenters. The summed E-state index contributed by atoms with van der Waals surface area (Å²) in [4.78, 5) is 14.1. The van der Waals surface area contributed by atoms with Gasteiger partial charge in [0.15, 0.2) is 0 Å². The number of carbonyl (C=O) groups excluding carboxylic acids is 1. The summed E-state index contributed by atoms with van der Waals surface area (Å²) < 4.78 is 0. The molecule has 94 valence electrons. The van der Waals surface area contributed by atoms with Gasteiger partial charge in [0, 0.05) is 25.6 Å². The SMILES string of the molecule is CC(CN)N(C)C(=O)C1CCCCCCC1. The van der Waals surface area contributed by atoms with E-state index in [1.807, 2.05) is 18.9 Å². The van der Waals surface area contributed by atoms with Crippen LogP contribution in [0.1, 0.15) is 51.9 Å². The van der Waals surface area contributed by atoms with Crippen LogP contribution in [0.5, 0.6) is 0 Å². The van der Waals surface area contributed by atoms with Crippen molar-refractivity contribution in [3.8, 4) is 0 Å². The number of nitrogens with zero attached hydrogens (tertiary/aromatic N) is 1. The molecule has 0 radical (unpaired) electrons. The van der Waals surface area contributed by atoms with Crippen LogP contribution in [-0.2, 0) is 4.79 Å². The minimum Gasteiger partial charge on any atom is -0.342 e. The molecule has 1 rings (SSSR count). The van der Waals surface area contributed by atoms with E-state index in [0.29, 0.717) is 12.5 Å². The van der Waals surface area contributed by atoms with Crippen molar-refractivity contribution in [2.45, 2.75) is 57.9 Å². The molecule has 0 saturated heterocycles. The molecule has 0 bridgehead atoms. The molecule has 0 aromatic carbocycles. The van der Waals surface area contributed by atoms with Crippen LogP contribution in [0.25, 0.3) is 0 Å². The highest BCUT2D eigenvalue weighted by Gasteiger charge is 2.24. The molecule has 0 aromatic heterocycles. The van der Waals surface area contributed by atoms with Gasteiger partial charge in [-0.15, -0.1) is 0 Å². The van der Waals surface area contributed by atoms with Gasteiger partial charge in [0.25, 0.3) is 0 Å². The Morgan fingerprint density at radius 2 is 1.75 bits per heavy atom. The van der Waals surface area contributed by atoms with E-state index in [9.17, 15) is 4.79 Å². The van der Waals surface area contributed by atoms with Crippen molar-refractivity contribution in [1.29, 1.82) is 0 Å². The molecule has 1 aliphatic carbocycles. The van der Waals surface area contributed by atoms with Crippen molar-refractivity contribution in [1.82, 2.24) is 4.90 Å². The Bertz CT molecular complexity index is 210. The molecule has 3 nitrogen and oxygen atoms in total. The fraction of sp³-hybridized carbons (Fsp3) is 0.923. The van der Waals surface area contributed by atoms with Gasteiger partial charge < -0.3 is 10.6 Å². The van der Waals surface area contributed by atoms with E-state index in [2.05, 4.69) is 0 Å². The fourth-order valence-electron chi connectivity index (χ4n) is 2.37. The van der Waals surface area contributed by atoms with Crippen molar-refractivity contribution in [3.63, 3.8) is 0 Å². The summed E-state index contributed by atoms with van der Waals surface area (Å²) in [6.07, 6.45) is 8.49. The first-order chi connectivity index (χ1) is 7.66. The lowest BCUT2D eigenvalue weighted by molar-refractivity contribution is -0.136. The van der Waals surface area contributed by atoms with Gasteiger partial charge in [0.1, 0.15) is 0 Å². The first-order valence-corrected chi connectivity index (χ1v) is 6.63. The number of hydrogen-bond acceptors (Lipinski definition) is 2. The molecule has 16 heavy (non-hydrogen) atoms. The lowest BCUT2D eigenvalue weighted by Crippen LogP contribution is -2.43. The van der Waals surface area contributed by atoms with Gasteiger partial charge in [-0.1, -0.05) is 32.1 Å². The summed E-state index contributed by atoms with van der Waals surface area (Å²) >= 11 is 0. The second-order valence-electron chi connectivity index (χ2n) is 5.08. The third-order valence-corrected chi connectivity index (χ3v) is 3.80. The summed E-state index contributed by atoms with van der Waals surface area (Å²) in [5.74, 6) is 0.555. The molecule has 3 heteroatoms. The van der Waals surface area contributed by atoms with Crippen LogP contribution in [0, 0.1) is 5.92 Å². The van der Waals surface area contributed by atoms with Gasteiger partial charge in [-0.25, -0.2) is 0 Å². The predicted octanol–water partition coefficient (Wildman–Crippen LogP) is 2.15. The Morgan fingerprint density at radius 3 is 2.25 bits per heavy atom. The number of nitrogens with two attached hydrogens (primary N) is 1. The third-order valence-electron chi connectivity index (χ3n) is 3.80. The summed E-state index contributed by atoms with van der Waals surface area (Å²) in [5.41, 5.74) is 5.60. The van der Waals surface area contributed by atoms with Gasteiger partial charge in [-0.3, -0.25) is 4.79 Å². The molecule has 0 aromatic rings. The molecule has 2 N–H and O–H groups in total. The highest BCUT2D eigenvalue weighted by Crippen LogP contribution is 2.24. The molecule has 1 saturated carbocycles. The van der Waals surface area contributed by atoms with Crippen LogP contribution in [0.2, 0.25) is 0 Å². The van der Waals surface area contributed by atoms with Crippen molar-refractivity contribution >= 4 is 5.91 Å². The molecular weight excluding hydrogens is 200 g/mol. The summed E-state index contributed by atoms with van der Waals surface area (Å²) in [6.45, 7) is 2.57. The average molecular weight is 226 g/mol. The maximum absolute atomic E-state index is 12.2. The van der Waals surface area contributed by atoms with Crippen LogP contribution < -0.4 is 5.73 Å². The monoisotopic (exact) mass is 226 g/mol. The van der Waals surface area contributed by atoms with E-state index in [1.54, 1.807) is 0 Å². The third kappa shape index (κ3) is 3.78. The quantitative estimate of drug-likeness (QED) is 0.801. The van der Waals surface area contributed by atoms with Gasteiger partial charge in [-0.2, -0.15) is 0 Å². The molecule has 1 aliphatic rings. The molecule has 0 heterocycles. The number of hydrogen-bond donors (Lipinski definition) is 1. The van der Waals surface area contributed by atoms with Crippen LogP contribution in [0.4, 0.5) is 0 Å². The van der Waals surface area contributed by atoms with Crippen molar-refractivity contribution < 1.29 is 4.79 Å². The Hall–Kier alpha value is -0.570. The Kier molecular flexibility index (Phi) is 5.81. The van der Waals surface area contributed by atoms with Gasteiger partial charge >= 0.3 is 0 Å². The molecular formula is C13H26N2O. The van der Waals surface area contributed by atoms with Crippen LogP contribution in [0.3, 0.4) is 0 Å². The van der Waals surface area contributed by atoms with Gasteiger partial charge in [0.2, 0.25) is 5.91 Å². The number of carbonyl (C=O) groups is 1. The lowest BCUT2D eigenvalue weighted by atomic mass is 9.90. The number of likely N-dealkylation sites (N-methyl/N-ethyl adjacent to an activating group) is 1. The van der Waals surface area contributed by atoms with E-state index in [-0.39, 0.29) is 12.0 Å². The van der Waals surface area contributed by atoms with E-state index in [4.69, 9.17) is 5.73 Å². The minimum absolute atomic E-state index is 0.165. The van der Waals surface area contributed by atoms with Crippen LogP contribution in [-0.4, -0.2) is 30.4 Å². The van der Waals surface area contributed by atoms with E-state index in [0.717, 1.165) is 12.8 Å². The molecule has 1 amide bonds. The Morgan fingerprint density at radius 1 is 1.25 bits per heavy atom. The van der Waals surface area contributed by atoms with Gasteiger partial charge in [-0.05, 0) is 19.8 Å². The summed E-state index contributed by atoms with van der Waals surface area (Å²) in [7, 11) is 1.89. The Labute approximate surface area is 99.4 Å². The zero-order valence-electron chi connectivity index (χ0n) is 10.7. The van der Waals surface area contributed by atoms with Crippen LogP contribution in [0.15, 0.2) is 0 Å².